The van der Waals surface area contributed by atoms with Crippen molar-refractivity contribution in [2.24, 2.45) is 0 Å². The number of rotatable bonds is 1. The summed E-state index contributed by atoms with van der Waals surface area (Å²) in [6.07, 6.45) is 1.92. The Morgan fingerprint density at radius 1 is 1.43 bits per heavy atom. The molecular formula is C10H13IN2O. The Labute approximate surface area is 97.6 Å². The van der Waals surface area contributed by atoms with E-state index in [9.17, 15) is 0 Å². The second-order valence-corrected chi connectivity index (χ2v) is 4.64. The third-order valence-corrected chi connectivity index (χ3v) is 2.92. The molecule has 1 aromatic heterocycles. The fourth-order valence-corrected chi connectivity index (χ4v) is 2.25. The van der Waals surface area contributed by atoms with Gasteiger partial charge >= 0.3 is 0 Å². The van der Waals surface area contributed by atoms with Crippen LogP contribution in [-0.2, 0) is 4.74 Å². The van der Waals surface area contributed by atoms with Gasteiger partial charge in [-0.25, -0.2) is 4.98 Å². The van der Waals surface area contributed by atoms with Gasteiger partial charge in [-0.2, -0.15) is 0 Å². The lowest BCUT2D eigenvalue weighted by atomic mass is 10.2. The van der Waals surface area contributed by atoms with Gasteiger partial charge in [-0.05, 0) is 41.1 Å². The second-order valence-electron chi connectivity index (χ2n) is 3.39. The minimum atomic E-state index is 0.813. The van der Waals surface area contributed by atoms with Crippen molar-refractivity contribution >= 4 is 28.4 Å². The summed E-state index contributed by atoms with van der Waals surface area (Å²) in [5.74, 6) is 1.11. The van der Waals surface area contributed by atoms with E-state index in [2.05, 4.69) is 45.5 Å². The number of pyridine rings is 1. The number of anilines is 1. The number of nitrogens with zero attached hydrogens (tertiary/aromatic N) is 2. The summed E-state index contributed by atoms with van der Waals surface area (Å²) < 4.78 is 6.51. The summed E-state index contributed by atoms with van der Waals surface area (Å²) in [4.78, 5) is 6.75. The summed E-state index contributed by atoms with van der Waals surface area (Å²) >= 11 is 2.29. The van der Waals surface area contributed by atoms with E-state index in [4.69, 9.17) is 4.74 Å². The maximum Gasteiger partial charge on any atom is 0.131 e. The van der Waals surface area contributed by atoms with Crippen molar-refractivity contribution < 1.29 is 4.74 Å². The molecule has 0 atom stereocenters. The zero-order chi connectivity index (χ0) is 9.97. The first-order valence-electron chi connectivity index (χ1n) is 4.72. The van der Waals surface area contributed by atoms with E-state index in [1.807, 2.05) is 6.20 Å². The van der Waals surface area contributed by atoms with Crippen LogP contribution in [0, 0.1) is 10.5 Å². The van der Waals surface area contributed by atoms with Crippen LogP contribution in [0.3, 0.4) is 0 Å². The monoisotopic (exact) mass is 304 g/mol. The van der Waals surface area contributed by atoms with Crippen LogP contribution in [0.4, 0.5) is 5.82 Å². The Kier molecular flexibility index (Phi) is 3.22. The summed E-state index contributed by atoms with van der Waals surface area (Å²) in [6, 6.07) is 2.17. The Morgan fingerprint density at radius 2 is 2.14 bits per heavy atom. The van der Waals surface area contributed by atoms with Gasteiger partial charge in [0.2, 0.25) is 0 Å². The summed E-state index contributed by atoms with van der Waals surface area (Å²) in [5, 5.41) is 0. The molecule has 14 heavy (non-hydrogen) atoms. The fraction of sp³-hybridized carbons (Fsp3) is 0.500. The smallest absolute Gasteiger partial charge is 0.131 e. The first kappa shape index (κ1) is 10.2. The average Bonchev–Trinajstić information content (AvgIpc) is 2.19. The third kappa shape index (κ3) is 2.17. The molecule has 0 amide bonds. The van der Waals surface area contributed by atoms with Crippen LogP contribution in [0.25, 0.3) is 0 Å². The normalized spacial score (nSPS) is 17.1. The van der Waals surface area contributed by atoms with E-state index in [-0.39, 0.29) is 0 Å². The Morgan fingerprint density at radius 3 is 2.79 bits per heavy atom. The summed E-state index contributed by atoms with van der Waals surface area (Å²) in [5.41, 5.74) is 1.25. The van der Waals surface area contributed by atoms with E-state index in [1.54, 1.807) is 0 Å². The molecule has 1 aliphatic rings. The Hall–Kier alpha value is -0.360. The van der Waals surface area contributed by atoms with Crippen LogP contribution in [0.2, 0.25) is 0 Å². The molecule has 2 rings (SSSR count). The highest BCUT2D eigenvalue weighted by Crippen LogP contribution is 2.19. The number of ether oxygens (including phenoxy) is 1. The quantitative estimate of drug-likeness (QED) is 0.740. The molecule has 76 valence electrons. The van der Waals surface area contributed by atoms with Crippen molar-refractivity contribution in [3.63, 3.8) is 0 Å². The van der Waals surface area contributed by atoms with Crippen LogP contribution in [0.1, 0.15) is 5.56 Å². The molecule has 0 saturated carbocycles. The predicted molar refractivity (Wildman–Crippen MR) is 64.7 cm³/mol. The molecule has 0 unspecified atom stereocenters. The molecular weight excluding hydrogens is 291 g/mol. The molecule has 0 bridgehead atoms. The average molecular weight is 304 g/mol. The van der Waals surface area contributed by atoms with E-state index in [1.165, 1.54) is 9.13 Å². The maximum absolute atomic E-state index is 5.31. The van der Waals surface area contributed by atoms with Gasteiger partial charge in [-0.15, -0.1) is 0 Å². The molecule has 1 saturated heterocycles. The third-order valence-electron chi connectivity index (χ3n) is 2.33. The molecule has 3 nitrogen and oxygen atoms in total. The van der Waals surface area contributed by atoms with Gasteiger partial charge in [0.15, 0.2) is 0 Å². The standard InChI is InChI=1S/C10H13IN2O/c1-8-6-9(11)7-12-10(8)13-2-4-14-5-3-13/h6-7H,2-5H2,1H3. The Bertz CT molecular complexity index is 324. The molecule has 0 aliphatic carbocycles. The number of aromatic nitrogens is 1. The molecule has 0 aromatic carbocycles. The van der Waals surface area contributed by atoms with Gasteiger partial charge in [0.05, 0.1) is 13.2 Å². The van der Waals surface area contributed by atoms with Crippen molar-refractivity contribution in [1.29, 1.82) is 0 Å². The topological polar surface area (TPSA) is 25.4 Å². The Balaban J connectivity index is 2.22. The molecule has 1 fully saturated rings. The number of hydrogen-bond donors (Lipinski definition) is 0. The van der Waals surface area contributed by atoms with Crippen LogP contribution in [-0.4, -0.2) is 31.3 Å². The highest BCUT2D eigenvalue weighted by Gasteiger charge is 2.14. The maximum atomic E-state index is 5.31. The highest BCUT2D eigenvalue weighted by atomic mass is 127. The summed E-state index contributed by atoms with van der Waals surface area (Å²) in [6.45, 7) is 5.64. The largest absolute Gasteiger partial charge is 0.378 e. The van der Waals surface area contributed by atoms with Crippen molar-refractivity contribution in [2.75, 3.05) is 31.2 Å². The van der Waals surface area contributed by atoms with Gasteiger partial charge < -0.3 is 9.64 Å². The van der Waals surface area contributed by atoms with Gasteiger partial charge in [-0.1, -0.05) is 0 Å². The lowest BCUT2D eigenvalue weighted by molar-refractivity contribution is 0.122. The predicted octanol–water partition coefficient (Wildman–Crippen LogP) is 1.83. The number of hydrogen-bond acceptors (Lipinski definition) is 3. The molecule has 1 aliphatic heterocycles. The van der Waals surface area contributed by atoms with Crippen molar-refractivity contribution in [2.45, 2.75) is 6.92 Å². The minimum absolute atomic E-state index is 0.813. The second kappa shape index (κ2) is 4.44. The first-order valence-corrected chi connectivity index (χ1v) is 5.80. The molecule has 2 heterocycles. The van der Waals surface area contributed by atoms with Gasteiger partial charge in [0, 0.05) is 22.9 Å². The minimum Gasteiger partial charge on any atom is -0.378 e. The number of aryl methyl sites for hydroxylation is 1. The van der Waals surface area contributed by atoms with Crippen LogP contribution in [0.15, 0.2) is 12.3 Å². The highest BCUT2D eigenvalue weighted by molar-refractivity contribution is 14.1. The molecule has 0 spiro atoms. The van der Waals surface area contributed by atoms with E-state index < -0.39 is 0 Å². The van der Waals surface area contributed by atoms with E-state index in [0.717, 1.165) is 32.1 Å². The zero-order valence-electron chi connectivity index (χ0n) is 8.16. The van der Waals surface area contributed by atoms with Crippen molar-refractivity contribution in [3.8, 4) is 0 Å². The number of morpholine rings is 1. The number of halogens is 1. The lowest BCUT2D eigenvalue weighted by Gasteiger charge is -2.28. The first-order chi connectivity index (χ1) is 6.77. The SMILES string of the molecule is Cc1cc(I)cnc1N1CCOCC1. The summed E-state index contributed by atoms with van der Waals surface area (Å²) in [7, 11) is 0. The molecule has 1 aromatic rings. The van der Waals surface area contributed by atoms with Crippen LogP contribution >= 0.6 is 22.6 Å². The van der Waals surface area contributed by atoms with Crippen LogP contribution in [0.5, 0.6) is 0 Å². The molecule has 0 radical (unpaired) electrons. The van der Waals surface area contributed by atoms with E-state index in [0.29, 0.717) is 0 Å². The molecule has 4 heteroatoms. The fourth-order valence-electron chi connectivity index (χ4n) is 1.64. The van der Waals surface area contributed by atoms with Crippen LogP contribution < -0.4 is 4.90 Å². The van der Waals surface area contributed by atoms with Crippen molar-refractivity contribution in [1.82, 2.24) is 4.98 Å². The van der Waals surface area contributed by atoms with Gasteiger partial charge in [0.25, 0.3) is 0 Å². The van der Waals surface area contributed by atoms with Gasteiger partial charge in [0.1, 0.15) is 5.82 Å². The van der Waals surface area contributed by atoms with Gasteiger partial charge in [-0.3, -0.25) is 0 Å². The molecule has 0 N–H and O–H groups in total. The zero-order valence-corrected chi connectivity index (χ0v) is 10.3. The van der Waals surface area contributed by atoms with Crippen molar-refractivity contribution in [3.05, 3.63) is 21.4 Å². The lowest BCUT2D eigenvalue weighted by Crippen LogP contribution is -2.37. The van der Waals surface area contributed by atoms with E-state index >= 15 is 0 Å².